The second kappa shape index (κ2) is 64.5. The first kappa shape index (κ1) is 118. The monoisotopic (exact) mass is 1870 g/mol. The third kappa shape index (κ3) is 45.3. The lowest BCUT2D eigenvalue weighted by Crippen LogP contribution is -2.53. The number of benzene rings is 5. The van der Waals surface area contributed by atoms with Gasteiger partial charge < -0.3 is 73.6 Å². The van der Waals surface area contributed by atoms with Gasteiger partial charge in [-0.3, -0.25) is 43.2 Å². The summed E-state index contributed by atoms with van der Waals surface area (Å²) in [5.41, 5.74) is 35.8. The van der Waals surface area contributed by atoms with Crippen molar-refractivity contribution in [3.8, 4) is 11.5 Å². The maximum absolute atomic E-state index is 14.0. The number of ketones is 2. The number of Topliss-reactive ketones (excluding diaryl/α,β-unsaturated/α-hetero) is 2. The Balaban J connectivity index is 0.000000749. The second-order valence-corrected chi connectivity index (χ2v) is 50.6. The predicted molar refractivity (Wildman–Crippen MR) is 544 cm³/mol. The van der Waals surface area contributed by atoms with Gasteiger partial charge in [0.25, 0.3) is 0 Å². The van der Waals surface area contributed by atoms with Crippen LogP contribution in [0.3, 0.4) is 0 Å². The molecule has 0 aliphatic rings. The number of hydrogen-bond acceptors (Lipinski definition) is 16. The minimum atomic E-state index is -1.77. The molecule has 0 saturated carbocycles. The van der Waals surface area contributed by atoms with Gasteiger partial charge in [0, 0.05) is 38.9 Å². The van der Waals surface area contributed by atoms with Crippen LogP contribution in [-0.2, 0) is 76.8 Å². The minimum Gasteiger partial charge on any atom is -0.494 e. The summed E-state index contributed by atoms with van der Waals surface area (Å²) in [6.45, 7) is 45.1. The molecule has 5 rings (SSSR count). The van der Waals surface area contributed by atoms with Crippen molar-refractivity contribution in [2.75, 3.05) is 33.0 Å². The van der Waals surface area contributed by atoms with Crippen LogP contribution in [0.15, 0.2) is 140 Å². The number of carbonyl (C=O) groups is 9. The fourth-order valence-corrected chi connectivity index (χ4v) is 29.2. The number of unbranched alkanes of at least 4 members (excludes halogenated alkanes) is 16. The van der Waals surface area contributed by atoms with Gasteiger partial charge in [-0.2, -0.15) is 0 Å². The molecule has 6 atom stereocenters. The number of amides is 7. The van der Waals surface area contributed by atoms with E-state index in [0.29, 0.717) is 85.0 Å². The zero-order valence-corrected chi connectivity index (χ0v) is 86.5. The maximum Gasteiger partial charge on any atom is 0.243 e. The third-order valence-electron chi connectivity index (χ3n) is 25.2. The molecule has 740 valence electrons. The summed E-state index contributed by atoms with van der Waals surface area (Å²) >= 11 is 0. The highest BCUT2D eigenvalue weighted by Gasteiger charge is 2.46. The Bertz CT molecular complexity index is 3810. The summed E-state index contributed by atoms with van der Waals surface area (Å²) in [4.78, 5) is 112. The summed E-state index contributed by atoms with van der Waals surface area (Å²) in [5, 5.41) is 14.0. The van der Waals surface area contributed by atoms with Crippen molar-refractivity contribution in [2.24, 2.45) is 46.4 Å². The smallest absolute Gasteiger partial charge is 0.243 e. The molecule has 0 spiro atoms. The number of hydrogen-bond donors (Lipinski definition) is 10. The highest BCUT2D eigenvalue weighted by molar-refractivity contribution is 6.78. The Hall–Kier alpha value is -8.44. The van der Waals surface area contributed by atoms with E-state index in [1.807, 2.05) is 188 Å². The van der Waals surface area contributed by atoms with Crippen molar-refractivity contribution in [3.63, 3.8) is 0 Å². The van der Waals surface area contributed by atoms with Crippen LogP contribution >= 0.6 is 0 Å². The quantitative estimate of drug-likeness (QED) is 0.0128. The van der Waals surface area contributed by atoms with Crippen LogP contribution in [0.2, 0.25) is 33.2 Å². The van der Waals surface area contributed by atoms with E-state index < -0.39 is 82.1 Å². The van der Waals surface area contributed by atoms with Crippen molar-refractivity contribution >= 4 is 69.6 Å². The molecule has 7 amide bonds. The van der Waals surface area contributed by atoms with Crippen LogP contribution in [0.4, 0.5) is 0 Å². The fourth-order valence-electron chi connectivity index (χ4n) is 18.2. The summed E-state index contributed by atoms with van der Waals surface area (Å²) in [6.07, 6.45) is 24.3. The Labute approximate surface area is 797 Å². The molecule has 0 radical (unpaired) electrons. The summed E-state index contributed by atoms with van der Waals surface area (Å²) < 4.78 is 26.0. The van der Waals surface area contributed by atoms with E-state index in [0.717, 1.165) is 78.2 Å². The summed E-state index contributed by atoms with van der Waals surface area (Å²) in [7, 11) is -3.53. The largest absolute Gasteiger partial charge is 0.494 e. The van der Waals surface area contributed by atoms with Gasteiger partial charge in [-0.1, -0.05) is 330 Å². The molecule has 5 aromatic carbocycles. The first-order valence-electron chi connectivity index (χ1n) is 49.8. The Morgan fingerprint density at radius 2 is 0.598 bits per heavy atom. The lowest BCUT2D eigenvalue weighted by molar-refractivity contribution is -0.130. The third-order valence-corrected chi connectivity index (χ3v) is 37.4. The summed E-state index contributed by atoms with van der Waals surface area (Å²) in [5.74, 6) is -1.26. The molecule has 0 aliphatic heterocycles. The van der Waals surface area contributed by atoms with Crippen molar-refractivity contribution < 1.29 is 61.5 Å². The van der Waals surface area contributed by atoms with E-state index in [9.17, 15) is 43.2 Å². The Morgan fingerprint density at radius 3 is 0.879 bits per heavy atom. The van der Waals surface area contributed by atoms with E-state index >= 15 is 0 Å². The Morgan fingerprint density at radius 1 is 0.326 bits per heavy atom. The van der Waals surface area contributed by atoms with E-state index in [4.69, 9.17) is 47.0 Å². The first-order valence-corrected chi connectivity index (χ1v) is 54.1. The van der Waals surface area contributed by atoms with Gasteiger partial charge in [0.2, 0.25) is 41.4 Å². The van der Waals surface area contributed by atoms with Crippen LogP contribution in [0.1, 0.15) is 320 Å². The first-order chi connectivity index (χ1) is 62.6. The van der Waals surface area contributed by atoms with E-state index in [1.54, 1.807) is 0 Å². The molecule has 0 unspecified atom stereocenters. The number of nitrogens with one attached hydrogen (secondary N) is 5. The van der Waals surface area contributed by atoms with Gasteiger partial charge in [0.05, 0.1) is 55.5 Å². The highest BCUT2D eigenvalue weighted by Crippen LogP contribution is 2.44. The van der Waals surface area contributed by atoms with Crippen molar-refractivity contribution in [1.82, 2.24) is 26.6 Å². The molecular formula is C107H176N10O13Si2. The normalized spacial score (nSPS) is 13.2. The average molecular weight is 1870 g/mol. The van der Waals surface area contributed by atoms with Crippen molar-refractivity contribution in [2.45, 2.75) is 386 Å². The fraction of sp³-hybridized carbons (Fsp3) is 0.636. The zero-order valence-electron chi connectivity index (χ0n) is 84.5. The lowest BCUT2D eigenvalue weighted by atomic mass is 9.84. The molecule has 15 N–H and O–H groups in total. The predicted octanol–water partition coefficient (Wildman–Crippen LogP) is 19.3. The van der Waals surface area contributed by atoms with Crippen LogP contribution in [-0.4, -0.2) is 139 Å². The number of nitrogens with two attached hydrogens (primary N) is 5. The van der Waals surface area contributed by atoms with Crippen LogP contribution in [0, 0.1) is 17.8 Å². The molecule has 0 fully saturated rings. The SMILES string of the molecule is CC(C)C[C@H](NC(=O)[C@@H](N)Cc1ccccc1)C(=O)CCC(=O)NC(C)(c1ccc(OCCCCCCCCCCCO[Si](C(C)C)(C(C)C)C(C)C)cc1)c1ccc(OCCCCCCCCCCCO[Si](C(C)C)(C(C)C)C(C)C)cc1.CC(C)C[C@H](NC(=O)[C@@H](N)Cc1ccccc1)C(=O)CCC(N)=O.CC(C)C[C@H](NC(=O)[C@@H](N)Cc1ccccc1)C(=O)NCC(N)=O. The van der Waals surface area contributed by atoms with Gasteiger partial charge in [0.15, 0.2) is 28.2 Å². The molecule has 5 aromatic rings. The minimum absolute atomic E-state index is 0.0145. The number of ether oxygens (including phenoxy) is 2. The van der Waals surface area contributed by atoms with Gasteiger partial charge in [0.1, 0.15) is 17.5 Å². The molecule has 132 heavy (non-hydrogen) atoms. The van der Waals surface area contributed by atoms with Crippen LogP contribution in [0.5, 0.6) is 11.5 Å². The van der Waals surface area contributed by atoms with Gasteiger partial charge in [-0.05, 0) is 174 Å². The topological polar surface area (TPSA) is 381 Å². The molecule has 25 heteroatoms. The molecule has 23 nitrogen and oxygen atoms in total. The van der Waals surface area contributed by atoms with E-state index in [1.165, 1.54) is 89.9 Å². The van der Waals surface area contributed by atoms with Gasteiger partial charge >= 0.3 is 0 Å². The molecule has 0 aromatic heterocycles. The van der Waals surface area contributed by atoms with Crippen LogP contribution in [0.25, 0.3) is 0 Å². The standard InChI is InChI=1S/C72H123N3O7Si2.C18H27N3O3.C17H26N4O3/c1-55(2)53-68(74-71(78)67(73)54-62-37-31-30-32-38-62)69(76)47-48-70(77)75-72(15,63-39-43-65(44-40-63)79-49-33-26-22-18-16-20-24-28-35-51-81-83(56(3)4,57(5)6)58(7)8)64-41-45-66(46-42-64)80-50-34-27-23-19-17-21-25-29-36-52-82-84(59(9)10,60(11)12)61(13)14;1-12(2)10-15(16(22)8-9-17(20)23)21-18(24)14(19)11-13-6-4-3-5-7-13;1-11(2)8-14(17(24)20-10-15(19)22)21-16(23)13(18)9-12-6-4-3-5-7-12/h30-32,37-46,55-61,67-68H,16-29,33-36,47-54,73H2,1-15H3,(H,74,78)(H,75,77);3-7,12,14-15H,8-11,19H2,1-2H3,(H2,20,23)(H,21,24);3-7,11,13-14H,8-10,18H2,1-2H3,(H2,19,22)(H,20,24)(H,21,23)/t67-,68-;14-,15-;13-,14-/m000/s1. The second-order valence-electron chi connectivity index (χ2n) is 39.7. The molecule has 0 aliphatic carbocycles. The van der Waals surface area contributed by atoms with Crippen LogP contribution < -0.4 is 64.7 Å². The molecule has 0 saturated heterocycles. The lowest BCUT2D eigenvalue weighted by Gasteiger charge is -2.42. The number of rotatable bonds is 66. The number of carbonyl (C=O) groups excluding carboxylic acids is 9. The van der Waals surface area contributed by atoms with E-state index in [2.05, 4.69) is 110 Å². The highest BCUT2D eigenvalue weighted by atomic mass is 28.4. The zero-order chi connectivity index (χ0) is 98.4. The van der Waals surface area contributed by atoms with Crippen molar-refractivity contribution in [1.29, 1.82) is 0 Å². The van der Waals surface area contributed by atoms with Gasteiger partial charge in [-0.25, -0.2) is 0 Å². The van der Waals surface area contributed by atoms with Crippen molar-refractivity contribution in [3.05, 3.63) is 167 Å². The molecule has 0 heterocycles. The molecule has 0 bridgehead atoms. The summed E-state index contributed by atoms with van der Waals surface area (Å²) in [6, 6.07) is 40.1. The van der Waals surface area contributed by atoms with E-state index in [-0.39, 0.29) is 79.3 Å². The maximum atomic E-state index is 14.0. The van der Waals surface area contributed by atoms with Gasteiger partial charge in [-0.15, -0.1) is 0 Å². The molecular weight excluding hydrogens is 1690 g/mol. The number of primary amides is 2. The Kier molecular flexibility index (Phi) is 57.5. The average Bonchev–Trinajstić information content (AvgIpc) is 0.760.